The second kappa shape index (κ2) is 9.56. The molecule has 4 unspecified atom stereocenters. The fourth-order valence-electron chi connectivity index (χ4n) is 3.51. The molecule has 0 spiro atoms. The molecule has 0 aliphatic carbocycles. The molecule has 0 aromatic heterocycles. The molecule has 0 bridgehead atoms. The molecule has 0 nitrogen and oxygen atoms in total. The summed E-state index contributed by atoms with van der Waals surface area (Å²) in [4.78, 5) is 0. The molecule has 2 heterocycles. The van der Waals surface area contributed by atoms with Crippen LogP contribution in [0, 0.1) is 0 Å². The van der Waals surface area contributed by atoms with Gasteiger partial charge in [0.1, 0.15) is 0 Å². The molecular weight excluding hydrogens is 608 g/mol. The maximum absolute atomic E-state index is 4.37. The van der Waals surface area contributed by atoms with Crippen molar-refractivity contribution in [3.8, 4) is 0 Å². The van der Waals surface area contributed by atoms with Crippen LogP contribution in [-0.4, -0.2) is 56.1 Å². The van der Waals surface area contributed by atoms with Gasteiger partial charge in [0.25, 0.3) is 0 Å². The Kier molecular flexibility index (Phi) is 7.31. The van der Waals surface area contributed by atoms with E-state index in [4.69, 9.17) is 0 Å². The van der Waals surface area contributed by atoms with Crippen LogP contribution < -0.4 is 0 Å². The zero-order chi connectivity index (χ0) is 19.5. The summed E-state index contributed by atoms with van der Waals surface area (Å²) in [6.07, 6.45) is 7.12. The molecule has 2 aliphatic rings. The summed E-state index contributed by atoms with van der Waals surface area (Å²) in [5.41, 5.74) is 2.97. The van der Waals surface area contributed by atoms with Gasteiger partial charge < -0.3 is 0 Å². The van der Waals surface area contributed by atoms with Gasteiger partial charge in [0.2, 0.25) is 0 Å². The molecule has 2 fully saturated rings. The minimum atomic E-state index is -0.138. The van der Waals surface area contributed by atoms with Gasteiger partial charge in [-0.1, -0.05) is 0 Å². The summed E-state index contributed by atoms with van der Waals surface area (Å²) < 4.78 is 0.758. The van der Waals surface area contributed by atoms with Gasteiger partial charge in [0.15, 0.2) is 0 Å². The molecule has 146 valence electrons. The summed E-state index contributed by atoms with van der Waals surface area (Å²) in [7, 11) is 0. The number of allylic oxidation sites excluding steroid dienone is 2. The Hall–Kier alpha value is 0.199. The van der Waals surface area contributed by atoms with Crippen molar-refractivity contribution in [1.29, 1.82) is 0 Å². The third kappa shape index (κ3) is 5.08. The molecular formula is C24H26S2Te2. The van der Waals surface area contributed by atoms with Crippen molar-refractivity contribution >= 4 is 57.6 Å². The first-order chi connectivity index (χ1) is 13.7. The number of thioether (sulfide) groups is 2. The quantitative estimate of drug-likeness (QED) is 0.177. The molecule has 2 aromatic carbocycles. The van der Waals surface area contributed by atoms with E-state index < -0.39 is 0 Å². The van der Waals surface area contributed by atoms with E-state index in [-0.39, 0.29) is 34.1 Å². The van der Waals surface area contributed by atoms with Crippen molar-refractivity contribution in [2.45, 2.75) is 30.3 Å². The topological polar surface area (TPSA) is 0 Å². The summed E-state index contributed by atoms with van der Waals surface area (Å²) >= 11 is 4.04. The predicted octanol–water partition coefficient (Wildman–Crippen LogP) is 5.72. The Labute approximate surface area is 194 Å². The van der Waals surface area contributed by atoms with Crippen molar-refractivity contribution in [1.82, 2.24) is 0 Å². The van der Waals surface area contributed by atoms with Gasteiger partial charge >= 0.3 is 197 Å². The van der Waals surface area contributed by atoms with Gasteiger partial charge in [0, 0.05) is 0 Å². The molecule has 28 heavy (non-hydrogen) atoms. The van der Waals surface area contributed by atoms with E-state index in [2.05, 4.69) is 109 Å². The zero-order valence-electron chi connectivity index (χ0n) is 16.0. The van der Waals surface area contributed by atoms with E-state index in [0.717, 1.165) is 10.5 Å². The summed E-state index contributed by atoms with van der Waals surface area (Å²) in [6.45, 7) is 8.74. The van der Waals surface area contributed by atoms with Gasteiger partial charge in [-0.25, -0.2) is 0 Å². The third-order valence-electron chi connectivity index (χ3n) is 5.45. The molecule has 4 heteroatoms. The Morgan fingerprint density at radius 1 is 0.750 bits per heavy atom. The SMILES string of the molecule is C=CC(Cc1ccccc1)([Te][Te]C(C=C)(Cc1ccccc1)C1CS1)C1CS1. The van der Waals surface area contributed by atoms with Crippen molar-refractivity contribution in [2.24, 2.45) is 0 Å². The van der Waals surface area contributed by atoms with Crippen LogP contribution in [-0.2, 0) is 12.8 Å². The predicted molar refractivity (Wildman–Crippen MR) is 130 cm³/mol. The summed E-state index contributed by atoms with van der Waals surface area (Å²) in [6, 6.07) is 22.2. The van der Waals surface area contributed by atoms with Crippen LogP contribution in [0.5, 0.6) is 0 Å². The van der Waals surface area contributed by atoms with E-state index in [1.54, 1.807) is 0 Å². The maximum atomic E-state index is 4.37. The number of hydrogen-bond acceptors (Lipinski definition) is 2. The Morgan fingerprint density at radius 2 is 1.11 bits per heavy atom. The molecule has 2 aliphatic heterocycles. The molecule has 0 N–H and O–H groups in total. The number of hydrogen-bond donors (Lipinski definition) is 0. The van der Waals surface area contributed by atoms with Crippen LogP contribution in [0.1, 0.15) is 11.1 Å². The van der Waals surface area contributed by atoms with Crippen molar-refractivity contribution < 1.29 is 0 Å². The molecule has 4 rings (SSSR count). The standard InChI is InChI=1S/C24H26S2Te2/c1-3-23(21-17-25-21,15-19-11-7-5-8-12-19)27-28-24(4-2,22-18-26-22)16-20-13-9-6-10-14-20/h3-14,21-22H,1-2,15-18H2. The van der Waals surface area contributed by atoms with E-state index in [9.17, 15) is 0 Å². The number of benzene rings is 2. The summed E-state index contributed by atoms with van der Waals surface area (Å²) in [5, 5.41) is 1.62. The van der Waals surface area contributed by atoms with Crippen molar-refractivity contribution in [3.05, 3.63) is 97.1 Å². The van der Waals surface area contributed by atoms with E-state index in [1.807, 2.05) is 0 Å². The van der Waals surface area contributed by atoms with Crippen LogP contribution in [0.15, 0.2) is 86.0 Å². The molecule has 2 saturated heterocycles. The monoisotopic (exact) mass is 638 g/mol. The average Bonchev–Trinajstić information content (AvgIpc) is 3.64. The average molecular weight is 634 g/mol. The van der Waals surface area contributed by atoms with E-state index >= 15 is 0 Å². The number of rotatable bonds is 11. The Bertz CT molecular complexity index is 732. The Balaban J connectivity index is 1.55. The van der Waals surface area contributed by atoms with Crippen molar-refractivity contribution in [3.63, 3.8) is 0 Å². The van der Waals surface area contributed by atoms with Gasteiger partial charge in [-0.3, -0.25) is 0 Å². The second-order valence-corrected chi connectivity index (χ2v) is 21.6. The zero-order valence-corrected chi connectivity index (χ0v) is 22.3. The molecule has 0 radical (unpaired) electrons. The van der Waals surface area contributed by atoms with Gasteiger partial charge in [-0.2, -0.15) is 0 Å². The molecule has 4 atom stereocenters. The molecule has 0 saturated carbocycles. The normalized spacial score (nSPS) is 24.6. The van der Waals surface area contributed by atoms with Gasteiger partial charge in [-0.05, 0) is 0 Å². The van der Waals surface area contributed by atoms with E-state index in [1.165, 1.54) is 35.5 Å². The third-order valence-corrected chi connectivity index (χ3v) is 27.4. The fraction of sp³-hybridized carbons (Fsp3) is 0.333. The van der Waals surface area contributed by atoms with Crippen LogP contribution in [0.2, 0.25) is 6.93 Å². The van der Waals surface area contributed by atoms with Crippen LogP contribution in [0.25, 0.3) is 0 Å². The molecule has 0 amide bonds. The Morgan fingerprint density at radius 3 is 1.39 bits per heavy atom. The van der Waals surface area contributed by atoms with Crippen LogP contribution in [0.4, 0.5) is 0 Å². The first kappa shape index (κ1) is 21.4. The first-order valence-electron chi connectivity index (χ1n) is 9.65. The van der Waals surface area contributed by atoms with Gasteiger partial charge in [-0.15, -0.1) is 0 Å². The minimum absolute atomic E-state index is 0.138. The van der Waals surface area contributed by atoms with Crippen LogP contribution >= 0.6 is 23.5 Å². The second-order valence-electron chi connectivity index (χ2n) is 7.45. The first-order valence-corrected chi connectivity index (χ1v) is 21.4. The van der Waals surface area contributed by atoms with E-state index in [0.29, 0.717) is 6.93 Å². The fourth-order valence-corrected chi connectivity index (χ4v) is 29.1. The van der Waals surface area contributed by atoms with Crippen molar-refractivity contribution in [2.75, 3.05) is 11.5 Å². The van der Waals surface area contributed by atoms with Gasteiger partial charge in [0.05, 0.1) is 0 Å². The summed E-state index contributed by atoms with van der Waals surface area (Å²) in [5.74, 6) is 2.66. The van der Waals surface area contributed by atoms with Crippen LogP contribution in [0.3, 0.4) is 0 Å². The molecule has 2 aromatic rings.